The summed E-state index contributed by atoms with van der Waals surface area (Å²) in [4.78, 5) is 16.9. The Kier molecular flexibility index (Phi) is 8.32. The molecule has 6 rings (SSSR count). The SMILES string of the molecule is c1ccc(-c2ccc3c(n2)C(N(Cc2ccc(CNCc4ccccn4)cc2)Cc2ccccn2)CCC3)cc1. The molecule has 0 amide bonds. The van der Waals surface area contributed by atoms with Crippen molar-refractivity contribution < 1.29 is 0 Å². The molecular formula is C35H35N5. The van der Waals surface area contributed by atoms with Crippen molar-refractivity contribution in [2.75, 3.05) is 0 Å². The van der Waals surface area contributed by atoms with Gasteiger partial charge in [-0.1, -0.05) is 72.8 Å². The highest BCUT2D eigenvalue weighted by Gasteiger charge is 2.28. The van der Waals surface area contributed by atoms with Crippen molar-refractivity contribution in [2.24, 2.45) is 0 Å². The van der Waals surface area contributed by atoms with Crippen LogP contribution in [0.25, 0.3) is 11.3 Å². The van der Waals surface area contributed by atoms with Crippen LogP contribution in [0.1, 0.15) is 52.7 Å². The summed E-state index contributed by atoms with van der Waals surface area (Å²) < 4.78 is 0. The predicted molar refractivity (Wildman–Crippen MR) is 160 cm³/mol. The summed E-state index contributed by atoms with van der Waals surface area (Å²) in [6, 6.07) is 36.4. The second-order valence-corrected chi connectivity index (χ2v) is 10.5. The average molecular weight is 526 g/mol. The molecule has 5 nitrogen and oxygen atoms in total. The first-order valence-electron chi connectivity index (χ1n) is 14.2. The maximum atomic E-state index is 5.27. The van der Waals surface area contributed by atoms with E-state index in [1.54, 1.807) is 0 Å². The van der Waals surface area contributed by atoms with Crippen molar-refractivity contribution in [2.45, 2.75) is 51.5 Å². The van der Waals surface area contributed by atoms with Gasteiger partial charge in [-0.3, -0.25) is 19.9 Å². The Bertz CT molecular complexity index is 1490. The highest BCUT2D eigenvalue weighted by molar-refractivity contribution is 5.59. The molecule has 0 fully saturated rings. The molecule has 2 aromatic carbocycles. The van der Waals surface area contributed by atoms with Crippen molar-refractivity contribution in [1.29, 1.82) is 0 Å². The minimum absolute atomic E-state index is 0.245. The lowest BCUT2D eigenvalue weighted by Gasteiger charge is -2.35. The Morgan fingerprint density at radius 1 is 0.675 bits per heavy atom. The van der Waals surface area contributed by atoms with Gasteiger partial charge in [-0.25, -0.2) is 0 Å². The number of nitrogens with one attached hydrogen (secondary N) is 1. The van der Waals surface area contributed by atoms with E-state index in [4.69, 9.17) is 4.98 Å². The van der Waals surface area contributed by atoms with E-state index < -0.39 is 0 Å². The van der Waals surface area contributed by atoms with Gasteiger partial charge < -0.3 is 5.32 Å². The third-order valence-corrected chi connectivity index (χ3v) is 7.62. The molecule has 3 heterocycles. The predicted octanol–water partition coefficient (Wildman–Crippen LogP) is 6.91. The fourth-order valence-electron chi connectivity index (χ4n) is 5.56. The monoisotopic (exact) mass is 525 g/mol. The van der Waals surface area contributed by atoms with Gasteiger partial charge in [-0.15, -0.1) is 0 Å². The Hall–Kier alpha value is -4.19. The molecule has 0 aliphatic heterocycles. The first kappa shape index (κ1) is 26.1. The van der Waals surface area contributed by atoms with E-state index in [-0.39, 0.29) is 6.04 Å². The highest BCUT2D eigenvalue weighted by atomic mass is 15.2. The van der Waals surface area contributed by atoms with Gasteiger partial charge in [-0.05, 0) is 66.3 Å². The molecule has 0 spiro atoms. The van der Waals surface area contributed by atoms with Gasteiger partial charge in [0, 0.05) is 44.1 Å². The average Bonchev–Trinajstić information content (AvgIpc) is 3.02. The molecule has 1 N–H and O–H groups in total. The summed E-state index contributed by atoms with van der Waals surface area (Å²) in [6.45, 7) is 3.21. The van der Waals surface area contributed by atoms with Crippen LogP contribution < -0.4 is 5.32 Å². The van der Waals surface area contributed by atoms with Crippen LogP contribution >= 0.6 is 0 Å². The second-order valence-electron chi connectivity index (χ2n) is 10.5. The summed E-state index contributed by atoms with van der Waals surface area (Å²) >= 11 is 0. The Labute approximate surface area is 237 Å². The van der Waals surface area contributed by atoms with Gasteiger partial charge in [0.15, 0.2) is 0 Å². The summed E-state index contributed by atoms with van der Waals surface area (Å²) in [6.07, 6.45) is 7.09. The molecule has 5 heteroatoms. The molecule has 0 saturated heterocycles. The molecular weight excluding hydrogens is 490 g/mol. The second kappa shape index (κ2) is 12.8. The first-order valence-corrected chi connectivity index (χ1v) is 14.2. The van der Waals surface area contributed by atoms with Gasteiger partial charge in [0.2, 0.25) is 0 Å². The molecule has 1 atom stereocenters. The zero-order valence-electron chi connectivity index (χ0n) is 22.8. The zero-order chi connectivity index (χ0) is 27.0. The van der Waals surface area contributed by atoms with Gasteiger partial charge in [-0.2, -0.15) is 0 Å². The number of hydrogen-bond donors (Lipinski definition) is 1. The normalized spacial score (nSPS) is 14.7. The molecule has 0 saturated carbocycles. The third kappa shape index (κ3) is 6.50. The fourth-order valence-corrected chi connectivity index (χ4v) is 5.56. The number of aromatic nitrogens is 3. The van der Waals surface area contributed by atoms with Crippen LogP contribution in [0.5, 0.6) is 0 Å². The van der Waals surface area contributed by atoms with Crippen molar-refractivity contribution in [1.82, 2.24) is 25.2 Å². The van der Waals surface area contributed by atoms with E-state index in [2.05, 4.69) is 99.0 Å². The van der Waals surface area contributed by atoms with E-state index in [1.807, 2.05) is 36.7 Å². The van der Waals surface area contributed by atoms with Crippen LogP contribution in [0.3, 0.4) is 0 Å². The molecule has 0 bridgehead atoms. The van der Waals surface area contributed by atoms with E-state index in [9.17, 15) is 0 Å². The number of fused-ring (bicyclic) bond motifs is 1. The minimum atomic E-state index is 0.245. The molecule has 200 valence electrons. The molecule has 3 aromatic heterocycles. The topological polar surface area (TPSA) is 53.9 Å². The lowest BCUT2D eigenvalue weighted by atomic mass is 9.89. The van der Waals surface area contributed by atoms with Crippen molar-refractivity contribution in [3.63, 3.8) is 0 Å². The molecule has 5 aromatic rings. The van der Waals surface area contributed by atoms with E-state index in [1.165, 1.54) is 28.8 Å². The maximum absolute atomic E-state index is 5.27. The Morgan fingerprint density at radius 3 is 2.15 bits per heavy atom. The molecule has 1 aliphatic carbocycles. The van der Waals surface area contributed by atoms with Gasteiger partial charge in [0.1, 0.15) is 0 Å². The Balaban J connectivity index is 1.22. The zero-order valence-corrected chi connectivity index (χ0v) is 22.8. The fraction of sp³-hybridized carbons (Fsp3) is 0.229. The van der Waals surface area contributed by atoms with E-state index in [0.29, 0.717) is 0 Å². The third-order valence-electron chi connectivity index (χ3n) is 7.62. The van der Waals surface area contributed by atoms with Crippen LogP contribution in [0.15, 0.2) is 116 Å². The van der Waals surface area contributed by atoms with Crippen LogP contribution in [0.4, 0.5) is 0 Å². The number of pyridine rings is 3. The summed E-state index contributed by atoms with van der Waals surface area (Å²) in [5, 5.41) is 3.50. The molecule has 40 heavy (non-hydrogen) atoms. The summed E-state index contributed by atoms with van der Waals surface area (Å²) in [5.74, 6) is 0. The van der Waals surface area contributed by atoms with Crippen LogP contribution in [0, 0.1) is 0 Å². The van der Waals surface area contributed by atoms with Crippen molar-refractivity contribution in [3.05, 3.63) is 149 Å². The lowest BCUT2D eigenvalue weighted by Crippen LogP contribution is -2.32. The quantitative estimate of drug-likeness (QED) is 0.215. The number of aryl methyl sites for hydroxylation is 1. The Morgan fingerprint density at radius 2 is 1.40 bits per heavy atom. The van der Waals surface area contributed by atoms with Gasteiger partial charge >= 0.3 is 0 Å². The number of rotatable bonds is 10. The van der Waals surface area contributed by atoms with Crippen LogP contribution in [-0.4, -0.2) is 19.9 Å². The van der Waals surface area contributed by atoms with E-state index >= 15 is 0 Å². The number of hydrogen-bond acceptors (Lipinski definition) is 5. The summed E-state index contributed by atoms with van der Waals surface area (Å²) in [7, 11) is 0. The van der Waals surface area contributed by atoms with E-state index in [0.717, 1.165) is 61.7 Å². The van der Waals surface area contributed by atoms with Crippen LogP contribution in [-0.2, 0) is 32.6 Å². The number of nitrogens with zero attached hydrogens (tertiary/aromatic N) is 4. The van der Waals surface area contributed by atoms with Crippen molar-refractivity contribution in [3.8, 4) is 11.3 Å². The molecule has 1 aliphatic rings. The largest absolute Gasteiger partial charge is 0.307 e. The summed E-state index contributed by atoms with van der Waals surface area (Å²) in [5.41, 5.74) is 9.52. The smallest absolute Gasteiger partial charge is 0.0706 e. The van der Waals surface area contributed by atoms with Crippen molar-refractivity contribution >= 4 is 0 Å². The van der Waals surface area contributed by atoms with Gasteiger partial charge in [0.05, 0.1) is 28.8 Å². The molecule has 0 radical (unpaired) electrons. The maximum Gasteiger partial charge on any atom is 0.0706 e. The molecule has 1 unspecified atom stereocenters. The number of benzene rings is 2. The lowest BCUT2D eigenvalue weighted by molar-refractivity contribution is 0.155. The van der Waals surface area contributed by atoms with Gasteiger partial charge in [0.25, 0.3) is 0 Å². The first-order chi connectivity index (χ1) is 19.8. The highest BCUT2D eigenvalue weighted by Crippen LogP contribution is 2.36. The van der Waals surface area contributed by atoms with Crippen LogP contribution in [0.2, 0.25) is 0 Å². The minimum Gasteiger partial charge on any atom is -0.307 e. The standard InChI is InChI=1S/C35H35N5/c1-2-9-29(10-3-1)33-20-19-30-11-8-14-34(35(30)39-33)40(26-32-13-5-7-22-38-32)25-28-17-15-27(16-18-28)23-36-24-31-12-4-6-21-37-31/h1-7,9-10,12-13,15-22,34,36H,8,11,14,23-26H2.